The monoisotopic (exact) mass is 304 g/mol. The predicted octanol–water partition coefficient (Wildman–Crippen LogP) is 0.195. The van der Waals surface area contributed by atoms with Crippen molar-refractivity contribution >= 4 is 21.4 Å². The Morgan fingerprint density at radius 1 is 1.45 bits per heavy atom. The zero-order chi connectivity index (χ0) is 15.2. The molecule has 1 aromatic carbocycles. The Bertz CT molecular complexity index is 575. The predicted molar refractivity (Wildman–Crippen MR) is 72.6 cm³/mol. The molecule has 1 rings (SSSR count). The third kappa shape index (κ3) is 4.13. The van der Waals surface area contributed by atoms with Crippen LogP contribution in [0.5, 0.6) is 0 Å². The van der Waals surface area contributed by atoms with Crippen molar-refractivity contribution in [3.63, 3.8) is 0 Å². The van der Waals surface area contributed by atoms with Crippen LogP contribution in [-0.4, -0.2) is 33.1 Å². The number of hydrogen-bond donors (Lipinski definition) is 3. The number of anilines is 1. The fraction of sp³-hybridized carbons (Fsp3) is 0.400. The van der Waals surface area contributed by atoms with Crippen LogP contribution in [0.4, 0.5) is 11.4 Å². The van der Waals surface area contributed by atoms with E-state index in [-0.39, 0.29) is 29.4 Å². The van der Waals surface area contributed by atoms with Gasteiger partial charge in [-0.15, -0.1) is 0 Å². The molecule has 0 spiro atoms. The van der Waals surface area contributed by atoms with Crippen LogP contribution < -0.4 is 16.0 Å². The summed E-state index contributed by atoms with van der Waals surface area (Å²) >= 11 is 0. The van der Waals surface area contributed by atoms with Crippen LogP contribution in [-0.2, 0) is 14.8 Å². The fourth-order valence-electron chi connectivity index (χ4n) is 1.45. The molecular weight excluding hydrogens is 288 g/mol. The molecule has 4 N–H and O–H groups in total. The maximum absolute atomic E-state index is 12.0. The Kier molecular flexibility index (Phi) is 5.82. The van der Waals surface area contributed by atoms with E-state index >= 15 is 0 Å². The number of nitro groups is 1. The number of nitro benzene ring substituents is 1. The highest BCUT2D eigenvalue weighted by Crippen LogP contribution is 2.25. The van der Waals surface area contributed by atoms with Gasteiger partial charge in [-0.3, -0.25) is 16.0 Å². The highest BCUT2D eigenvalue weighted by atomic mass is 32.2. The topological polar surface area (TPSA) is 137 Å². The molecule has 0 atom stereocenters. The molecule has 0 unspecified atom stereocenters. The molecule has 0 aliphatic rings. The van der Waals surface area contributed by atoms with Gasteiger partial charge in [0.2, 0.25) is 10.0 Å². The number of non-ortho nitro benzene ring substituents is 1. The van der Waals surface area contributed by atoms with Crippen LogP contribution in [0, 0.1) is 10.1 Å². The standard InChI is InChI=1S/C10H16N4O5S/c1-2-19-6-5-12-20(17,18)10-4-3-8(14(15)16)7-9(10)13-11/h3-4,7,12-13H,2,5-6,11H2,1H3. The summed E-state index contributed by atoms with van der Waals surface area (Å²) in [5.74, 6) is 5.20. The number of hydrogen-bond acceptors (Lipinski definition) is 7. The smallest absolute Gasteiger partial charge is 0.271 e. The van der Waals surface area contributed by atoms with Gasteiger partial charge in [0, 0.05) is 25.3 Å². The lowest BCUT2D eigenvalue weighted by Crippen LogP contribution is -2.28. The zero-order valence-corrected chi connectivity index (χ0v) is 11.6. The van der Waals surface area contributed by atoms with Crippen molar-refractivity contribution in [2.75, 3.05) is 25.2 Å². The van der Waals surface area contributed by atoms with E-state index in [4.69, 9.17) is 10.6 Å². The van der Waals surface area contributed by atoms with Gasteiger partial charge in [-0.25, -0.2) is 13.1 Å². The van der Waals surface area contributed by atoms with Crippen molar-refractivity contribution in [2.24, 2.45) is 5.84 Å². The number of benzene rings is 1. The molecule has 0 saturated carbocycles. The molecule has 112 valence electrons. The van der Waals surface area contributed by atoms with Gasteiger partial charge in [0.05, 0.1) is 17.2 Å². The molecule has 0 saturated heterocycles. The first-order valence-corrected chi connectivity index (χ1v) is 7.23. The molecular formula is C10H16N4O5S. The van der Waals surface area contributed by atoms with Gasteiger partial charge < -0.3 is 10.2 Å². The summed E-state index contributed by atoms with van der Waals surface area (Å²) in [5.41, 5.74) is 1.83. The van der Waals surface area contributed by atoms with E-state index in [0.717, 1.165) is 18.2 Å². The maximum Gasteiger partial charge on any atom is 0.271 e. The first-order valence-electron chi connectivity index (χ1n) is 5.75. The lowest BCUT2D eigenvalue weighted by Gasteiger charge is -2.10. The number of sulfonamides is 1. The summed E-state index contributed by atoms with van der Waals surface area (Å²) in [6, 6.07) is 3.27. The van der Waals surface area contributed by atoms with Crippen LogP contribution in [0.2, 0.25) is 0 Å². The summed E-state index contributed by atoms with van der Waals surface area (Å²) in [7, 11) is -3.82. The molecule has 9 nitrogen and oxygen atoms in total. The van der Waals surface area contributed by atoms with Gasteiger partial charge in [0.15, 0.2) is 0 Å². The number of nitrogens with one attached hydrogen (secondary N) is 2. The average Bonchev–Trinajstić information content (AvgIpc) is 2.42. The van der Waals surface area contributed by atoms with E-state index in [1.54, 1.807) is 6.92 Å². The minimum atomic E-state index is -3.82. The highest BCUT2D eigenvalue weighted by Gasteiger charge is 2.20. The van der Waals surface area contributed by atoms with Crippen molar-refractivity contribution in [1.29, 1.82) is 0 Å². The Morgan fingerprint density at radius 3 is 2.70 bits per heavy atom. The highest BCUT2D eigenvalue weighted by molar-refractivity contribution is 7.89. The van der Waals surface area contributed by atoms with Gasteiger partial charge >= 0.3 is 0 Å². The lowest BCUT2D eigenvalue weighted by molar-refractivity contribution is -0.384. The summed E-state index contributed by atoms with van der Waals surface area (Å²) in [4.78, 5) is 9.83. The first-order chi connectivity index (χ1) is 9.42. The van der Waals surface area contributed by atoms with Crippen molar-refractivity contribution in [3.8, 4) is 0 Å². The first kappa shape index (κ1) is 16.3. The molecule has 10 heteroatoms. The van der Waals surface area contributed by atoms with Crippen molar-refractivity contribution in [3.05, 3.63) is 28.3 Å². The molecule has 0 aliphatic carbocycles. The van der Waals surface area contributed by atoms with E-state index in [9.17, 15) is 18.5 Å². The van der Waals surface area contributed by atoms with Gasteiger partial charge in [0.1, 0.15) is 4.90 Å². The molecule has 0 bridgehead atoms. The van der Waals surface area contributed by atoms with Crippen LogP contribution in [0.1, 0.15) is 6.92 Å². The third-order valence-electron chi connectivity index (χ3n) is 2.36. The number of nitrogens with zero attached hydrogens (tertiary/aromatic N) is 1. The summed E-state index contributed by atoms with van der Waals surface area (Å²) in [5, 5.41) is 10.6. The minimum absolute atomic E-state index is 0.0527. The van der Waals surface area contributed by atoms with E-state index in [0.29, 0.717) is 6.61 Å². The van der Waals surface area contributed by atoms with Gasteiger partial charge in [-0.1, -0.05) is 0 Å². The zero-order valence-electron chi connectivity index (χ0n) is 10.8. The van der Waals surface area contributed by atoms with E-state index in [2.05, 4.69) is 10.1 Å². The van der Waals surface area contributed by atoms with Crippen LogP contribution in [0.25, 0.3) is 0 Å². The molecule has 0 aromatic heterocycles. The Labute approximate surface area is 116 Å². The molecule has 1 aromatic rings. The normalized spacial score (nSPS) is 11.3. The Morgan fingerprint density at radius 2 is 2.15 bits per heavy atom. The van der Waals surface area contributed by atoms with Gasteiger partial charge in [-0.05, 0) is 13.0 Å². The molecule has 0 amide bonds. The maximum atomic E-state index is 12.0. The molecule has 20 heavy (non-hydrogen) atoms. The molecule has 0 aliphatic heterocycles. The number of rotatable bonds is 8. The Hall–Kier alpha value is -1.75. The summed E-state index contributed by atoms with van der Waals surface area (Å²) in [6.07, 6.45) is 0. The van der Waals surface area contributed by atoms with Crippen LogP contribution in [0.15, 0.2) is 23.1 Å². The number of hydrazine groups is 1. The van der Waals surface area contributed by atoms with Crippen molar-refractivity contribution in [2.45, 2.75) is 11.8 Å². The second-order valence-corrected chi connectivity index (χ2v) is 5.41. The second-order valence-electron chi connectivity index (χ2n) is 3.68. The summed E-state index contributed by atoms with van der Waals surface area (Å²) in [6.45, 7) is 2.60. The summed E-state index contributed by atoms with van der Waals surface area (Å²) < 4.78 is 31.4. The minimum Gasteiger partial charge on any atom is -0.380 e. The van der Waals surface area contributed by atoms with E-state index in [1.165, 1.54) is 0 Å². The molecule has 0 heterocycles. The Balaban J connectivity index is 2.96. The van der Waals surface area contributed by atoms with E-state index in [1.807, 2.05) is 0 Å². The lowest BCUT2D eigenvalue weighted by atomic mass is 10.3. The largest absolute Gasteiger partial charge is 0.380 e. The van der Waals surface area contributed by atoms with Gasteiger partial charge in [-0.2, -0.15) is 0 Å². The van der Waals surface area contributed by atoms with E-state index < -0.39 is 14.9 Å². The molecule has 0 radical (unpaired) electrons. The SMILES string of the molecule is CCOCCNS(=O)(=O)c1ccc([N+](=O)[O-])cc1NN. The van der Waals surface area contributed by atoms with Crippen molar-refractivity contribution < 1.29 is 18.1 Å². The van der Waals surface area contributed by atoms with Crippen molar-refractivity contribution in [1.82, 2.24) is 4.72 Å². The number of nitrogen functional groups attached to an aromatic ring is 1. The van der Waals surface area contributed by atoms with Crippen LogP contribution >= 0.6 is 0 Å². The third-order valence-corrected chi connectivity index (χ3v) is 3.88. The number of nitrogens with two attached hydrogens (primary N) is 1. The second kappa shape index (κ2) is 7.14. The number of ether oxygens (including phenoxy) is 1. The molecule has 0 fully saturated rings. The van der Waals surface area contributed by atoms with Crippen LogP contribution in [0.3, 0.4) is 0 Å². The average molecular weight is 304 g/mol. The fourth-order valence-corrected chi connectivity index (χ4v) is 2.61. The van der Waals surface area contributed by atoms with Gasteiger partial charge in [0.25, 0.3) is 5.69 Å². The quantitative estimate of drug-likeness (QED) is 0.270.